The lowest BCUT2D eigenvalue weighted by Gasteiger charge is -2.41. The molecule has 0 radical (unpaired) electrons. The first-order chi connectivity index (χ1) is 13.6. The Morgan fingerprint density at radius 3 is 2.25 bits per heavy atom. The minimum atomic E-state index is -3.43. The van der Waals surface area contributed by atoms with Crippen molar-refractivity contribution in [2.24, 2.45) is 0 Å². The zero-order valence-electron chi connectivity index (χ0n) is 15.9. The number of nitrogens with zero attached hydrogens (tertiary/aromatic N) is 4. The van der Waals surface area contributed by atoms with Gasteiger partial charge in [-0.1, -0.05) is 0 Å². The third-order valence-corrected chi connectivity index (χ3v) is 7.52. The third-order valence-electron chi connectivity index (χ3n) is 5.64. The smallest absolute Gasteiger partial charge is 0.244 e. The number of pyridine rings is 2. The van der Waals surface area contributed by atoms with Gasteiger partial charge in [-0.3, -0.25) is 9.97 Å². The summed E-state index contributed by atoms with van der Waals surface area (Å²) in [5.41, 5.74) is 0. The molecule has 0 N–H and O–H groups in total. The van der Waals surface area contributed by atoms with Crippen molar-refractivity contribution in [3.8, 4) is 5.75 Å². The number of aromatic nitrogens is 2. The molecular weight excluding hydrogens is 376 g/mol. The van der Waals surface area contributed by atoms with Gasteiger partial charge in [-0.2, -0.15) is 4.31 Å². The maximum absolute atomic E-state index is 12.7. The van der Waals surface area contributed by atoms with E-state index < -0.39 is 10.0 Å². The van der Waals surface area contributed by atoms with E-state index in [4.69, 9.17) is 4.74 Å². The van der Waals surface area contributed by atoms with Crippen LogP contribution in [0.2, 0.25) is 0 Å². The Hall–Kier alpha value is -2.03. The molecule has 4 heterocycles. The van der Waals surface area contributed by atoms with Gasteiger partial charge in [0.25, 0.3) is 0 Å². The van der Waals surface area contributed by atoms with E-state index in [1.54, 1.807) is 35.0 Å². The van der Waals surface area contributed by atoms with Crippen molar-refractivity contribution in [3.05, 3.63) is 49.1 Å². The van der Waals surface area contributed by atoms with Crippen LogP contribution in [0, 0.1) is 0 Å². The average Bonchev–Trinajstić information content (AvgIpc) is 2.76. The summed E-state index contributed by atoms with van der Waals surface area (Å²) in [6, 6.07) is 7.51. The van der Waals surface area contributed by atoms with Gasteiger partial charge in [-0.25, -0.2) is 8.42 Å². The topological polar surface area (TPSA) is 75.6 Å². The highest BCUT2D eigenvalue weighted by Crippen LogP contribution is 2.26. The number of piperidine rings is 2. The van der Waals surface area contributed by atoms with Crippen LogP contribution in [0.15, 0.2) is 53.9 Å². The van der Waals surface area contributed by atoms with Gasteiger partial charge in [0.15, 0.2) is 0 Å². The lowest BCUT2D eigenvalue weighted by Crippen LogP contribution is -2.50. The van der Waals surface area contributed by atoms with Gasteiger partial charge >= 0.3 is 0 Å². The van der Waals surface area contributed by atoms with Crippen LogP contribution in [0.5, 0.6) is 5.75 Å². The number of hydrogen-bond donors (Lipinski definition) is 0. The van der Waals surface area contributed by atoms with E-state index in [1.165, 1.54) is 6.20 Å². The third kappa shape index (κ3) is 4.34. The zero-order chi connectivity index (χ0) is 19.4. The van der Waals surface area contributed by atoms with Crippen molar-refractivity contribution in [1.29, 1.82) is 0 Å². The molecule has 8 heteroatoms. The molecule has 0 aromatic carbocycles. The fourth-order valence-corrected chi connectivity index (χ4v) is 5.50. The average molecular weight is 403 g/mol. The van der Waals surface area contributed by atoms with Gasteiger partial charge < -0.3 is 9.64 Å². The van der Waals surface area contributed by atoms with E-state index in [2.05, 4.69) is 14.9 Å². The Kier molecular flexibility index (Phi) is 5.89. The fraction of sp³-hybridized carbons (Fsp3) is 0.500. The predicted octanol–water partition coefficient (Wildman–Crippen LogP) is 2.17. The first-order valence-electron chi connectivity index (χ1n) is 9.84. The maximum atomic E-state index is 12.7. The van der Waals surface area contributed by atoms with E-state index in [1.807, 2.05) is 12.1 Å². The second kappa shape index (κ2) is 8.55. The minimum Gasteiger partial charge on any atom is -0.490 e. The van der Waals surface area contributed by atoms with Gasteiger partial charge in [-0.15, -0.1) is 0 Å². The molecule has 0 spiro atoms. The summed E-state index contributed by atoms with van der Waals surface area (Å²) in [5.74, 6) is 0.877. The number of ether oxygens (including phenoxy) is 1. The highest BCUT2D eigenvalue weighted by Gasteiger charge is 2.33. The van der Waals surface area contributed by atoms with Crippen molar-refractivity contribution in [2.75, 3.05) is 26.2 Å². The van der Waals surface area contributed by atoms with E-state index in [0.29, 0.717) is 19.1 Å². The number of rotatable bonds is 5. The Morgan fingerprint density at radius 2 is 1.61 bits per heavy atom. The summed E-state index contributed by atoms with van der Waals surface area (Å²) in [6.45, 7) is 3.12. The molecule has 28 heavy (non-hydrogen) atoms. The van der Waals surface area contributed by atoms with Crippen molar-refractivity contribution in [2.45, 2.75) is 42.7 Å². The van der Waals surface area contributed by atoms with Gasteiger partial charge in [0, 0.05) is 57.0 Å². The monoisotopic (exact) mass is 402 g/mol. The van der Waals surface area contributed by atoms with Crippen LogP contribution >= 0.6 is 0 Å². The van der Waals surface area contributed by atoms with Crippen molar-refractivity contribution in [1.82, 2.24) is 19.2 Å². The van der Waals surface area contributed by atoms with Crippen molar-refractivity contribution >= 4 is 10.0 Å². The molecule has 0 amide bonds. The molecule has 2 aromatic heterocycles. The van der Waals surface area contributed by atoms with Gasteiger partial charge in [-0.05, 0) is 49.9 Å². The maximum Gasteiger partial charge on any atom is 0.244 e. The lowest BCUT2D eigenvalue weighted by atomic mass is 10.00. The van der Waals surface area contributed by atoms with E-state index in [-0.39, 0.29) is 11.0 Å². The van der Waals surface area contributed by atoms with Crippen LogP contribution in [-0.4, -0.2) is 65.9 Å². The summed E-state index contributed by atoms with van der Waals surface area (Å²) in [4.78, 5) is 10.7. The molecule has 2 aromatic rings. The van der Waals surface area contributed by atoms with Crippen LogP contribution in [0.3, 0.4) is 0 Å². The summed E-state index contributed by atoms with van der Waals surface area (Å²) in [6.07, 6.45) is 10.5. The van der Waals surface area contributed by atoms with E-state index in [9.17, 15) is 8.42 Å². The quantitative estimate of drug-likeness (QED) is 0.763. The lowest BCUT2D eigenvalue weighted by molar-refractivity contribution is 0.0585. The molecule has 7 nitrogen and oxygen atoms in total. The summed E-state index contributed by atoms with van der Waals surface area (Å²) in [7, 11) is -3.43. The molecular formula is C20H26N4O3S. The Labute approximate surface area is 166 Å². The Balaban J connectivity index is 1.27. The van der Waals surface area contributed by atoms with Gasteiger partial charge in [0.1, 0.15) is 16.7 Å². The first-order valence-corrected chi connectivity index (χ1v) is 11.3. The first kappa shape index (κ1) is 19.3. The summed E-state index contributed by atoms with van der Waals surface area (Å²) in [5, 5.41) is 0. The van der Waals surface area contributed by atoms with Crippen molar-refractivity contribution < 1.29 is 13.2 Å². The van der Waals surface area contributed by atoms with Crippen LogP contribution in [0.25, 0.3) is 0 Å². The number of hydrogen-bond acceptors (Lipinski definition) is 6. The molecule has 2 aliphatic heterocycles. The SMILES string of the molecule is O=S(=O)(c1cccnc1)N1CCC(N2CCC(Oc3ccncc3)CC2)CC1. The highest BCUT2D eigenvalue weighted by atomic mass is 32.2. The zero-order valence-corrected chi connectivity index (χ0v) is 16.7. The Morgan fingerprint density at radius 1 is 0.893 bits per heavy atom. The number of sulfonamides is 1. The molecule has 2 saturated heterocycles. The predicted molar refractivity (Wildman–Crippen MR) is 105 cm³/mol. The molecule has 2 aliphatic rings. The van der Waals surface area contributed by atoms with E-state index >= 15 is 0 Å². The standard InChI is InChI=1S/C20H26N4O3S/c25-28(26,20-2-1-9-22-16-20)24-14-5-17(6-15-24)23-12-7-19(8-13-23)27-18-3-10-21-11-4-18/h1-4,9-11,16-17,19H,5-8,12-15H2. The van der Waals surface area contributed by atoms with Gasteiger partial charge in [0.2, 0.25) is 10.0 Å². The summed E-state index contributed by atoms with van der Waals surface area (Å²) < 4.78 is 33.1. The minimum absolute atomic E-state index is 0.240. The molecule has 150 valence electrons. The molecule has 2 fully saturated rings. The normalized spacial score (nSPS) is 20.9. The van der Waals surface area contributed by atoms with Crippen LogP contribution in [0.4, 0.5) is 0 Å². The molecule has 0 atom stereocenters. The summed E-state index contributed by atoms with van der Waals surface area (Å²) >= 11 is 0. The number of likely N-dealkylation sites (tertiary alicyclic amines) is 1. The molecule has 0 saturated carbocycles. The van der Waals surface area contributed by atoms with E-state index in [0.717, 1.165) is 44.5 Å². The fourth-order valence-electron chi connectivity index (χ4n) is 4.06. The second-order valence-electron chi connectivity index (χ2n) is 7.36. The molecule has 4 rings (SSSR count). The molecule has 0 bridgehead atoms. The van der Waals surface area contributed by atoms with Crippen molar-refractivity contribution in [3.63, 3.8) is 0 Å². The van der Waals surface area contributed by atoms with Gasteiger partial charge in [0.05, 0.1) is 0 Å². The van der Waals surface area contributed by atoms with Crippen LogP contribution in [0.1, 0.15) is 25.7 Å². The molecule has 0 unspecified atom stereocenters. The highest BCUT2D eigenvalue weighted by molar-refractivity contribution is 7.89. The molecule has 0 aliphatic carbocycles. The van der Waals surface area contributed by atoms with Crippen LogP contribution in [-0.2, 0) is 10.0 Å². The largest absolute Gasteiger partial charge is 0.490 e. The Bertz CT molecular complexity index is 848. The second-order valence-corrected chi connectivity index (χ2v) is 9.30. The van der Waals surface area contributed by atoms with Crippen LogP contribution < -0.4 is 4.74 Å².